The minimum atomic E-state index is -0.750. The molecule has 0 saturated carbocycles. The minimum absolute atomic E-state index is 0.00952. The van der Waals surface area contributed by atoms with Gasteiger partial charge < -0.3 is 15.4 Å². The van der Waals surface area contributed by atoms with Crippen LogP contribution in [0.1, 0.15) is 18.0 Å². The normalized spacial score (nSPS) is 15.4. The van der Waals surface area contributed by atoms with E-state index in [0.29, 0.717) is 22.2 Å². The Labute approximate surface area is 172 Å². The van der Waals surface area contributed by atoms with Crippen molar-refractivity contribution in [3.63, 3.8) is 0 Å². The van der Waals surface area contributed by atoms with E-state index >= 15 is 0 Å². The van der Waals surface area contributed by atoms with Gasteiger partial charge in [0.15, 0.2) is 0 Å². The third-order valence-electron chi connectivity index (χ3n) is 4.86. The van der Waals surface area contributed by atoms with E-state index in [4.69, 9.17) is 16.3 Å². The van der Waals surface area contributed by atoms with Crippen LogP contribution in [0.2, 0.25) is 5.02 Å². The number of methoxy groups -OCH3 is 1. The van der Waals surface area contributed by atoms with Crippen LogP contribution >= 0.6 is 11.6 Å². The maximum Gasteiger partial charge on any atom is 0.249 e. The molecule has 0 spiro atoms. The molecule has 2 aromatic carbocycles. The predicted molar refractivity (Wildman–Crippen MR) is 111 cm³/mol. The number of ether oxygens (including phenoxy) is 1. The van der Waals surface area contributed by atoms with Crippen LogP contribution in [0.15, 0.2) is 48.5 Å². The second kappa shape index (κ2) is 7.60. The van der Waals surface area contributed by atoms with Gasteiger partial charge in [-0.05, 0) is 55.5 Å². The number of benzene rings is 2. The van der Waals surface area contributed by atoms with E-state index in [1.165, 1.54) is 0 Å². The molecule has 0 bridgehead atoms. The molecule has 0 fully saturated rings. The van der Waals surface area contributed by atoms with E-state index in [2.05, 4.69) is 15.7 Å². The second-order valence-electron chi connectivity index (χ2n) is 6.76. The highest BCUT2D eigenvalue weighted by atomic mass is 35.5. The molecule has 0 saturated heterocycles. The van der Waals surface area contributed by atoms with Crippen LogP contribution < -0.4 is 15.4 Å². The average Bonchev–Trinajstić information content (AvgIpc) is 3.05. The van der Waals surface area contributed by atoms with Gasteiger partial charge in [-0.3, -0.25) is 9.59 Å². The Morgan fingerprint density at radius 2 is 1.90 bits per heavy atom. The summed E-state index contributed by atoms with van der Waals surface area (Å²) >= 11 is 5.89. The number of fused-ring (bicyclic) bond motifs is 1. The molecule has 2 N–H and O–H groups in total. The van der Waals surface area contributed by atoms with Crippen molar-refractivity contribution < 1.29 is 14.3 Å². The van der Waals surface area contributed by atoms with Crippen LogP contribution in [-0.4, -0.2) is 28.7 Å². The van der Waals surface area contributed by atoms with Gasteiger partial charge in [0.1, 0.15) is 17.6 Å². The molecule has 2 heterocycles. The van der Waals surface area contributed by atoms with Gasteiger partial charge in [-0.1, -0.05) is 11.6 Å². The summed E-state index contributed by atoms with van der Waals surface area (Å²) in [7, 11) is 1.61. The molecule has 29 heavy (non-hydrogen) atoms. The molecule has 4 rings (SSSR count). The number of carbonyl (C=O) groups is 2. The number of nitrogens with one attached hydrogen (secondary N) is 2. The van der Waals surface area contributed by atoms with E-state index in [-0.39, 0.29) is 18.2 Å². The monoisotopic (exact) mass is 410 g/mol. The first-order valence-corrected chi connectivity index (χ1v) is 9.44. The highest BCUT2D eigenvalue weighted by Crippen LogP contribution is 2.35. The Bertz CT molecular complexity index is 1070. The predicted octanol–water partition coefficient (Wildman–Crippen LogP) is 4.04. The Morgan fingerprint density at radius 1 is 1.21 bits per heavy atom. The van der Waals surface area contributed by atoms with E-state index in [0.717, 1.165) is 16.9 Å². The number of rotatable bonds is 4. The quantitative estimate of drug-likeness (QED) is 0.679. The molecule has 2 amide bonds. The van der Waals surface area contributed by atoms with Gasteiger partial charge in [-0.15, -0.1) is 0 Å². The van der Waals surface area contributed by atoms with Crippen molar-refractivity contribution in [2.45, 2.75) is 19.4 Å². The highest BCUT2D eigenvalue weighted by Gasteiger charge is 2.34. The lowest BCUT2D eigenvalue weighted by atomic mass is 10.1. The first-order chi connectivity index (χ1) is 14.0. The van der Waals surface area contributed by atoms with Gasteiger partial charge in [-0.2, -0.15) is 5.10 Å². The Balaban J connectivity index is 1.67. The fourth-order valence-corrected chi connectivity index (χ4v) is 3.45. The molecule has 1 aliphatic rings. The van der Waals surface area contributed by atoms with Gasteiger partial charge in [0.2, 0.25) is 11.8 Å². The molecule has 7 nitrogen and oxygen atoms in total. The third-order valence-corrected chi connectivity index (χ3v) is 5.11. The van der Waals surface area contributed by atoms with Crippen molar-refractivity contribution in [2.75, 3.05) is 17.7 Å². The zero-order valence-electron chi connectivity index (χ0n) is 15.9. The largest absolute Gasteiger partial charge is 0.497 e. The van der Waals surface area contributed by atoms with E-state index in [1.54, 1.807) is 36.1 Å². The summed E-state index contributed by atoms with van der Waals surface area (Å²) in [5, 5.41) is 10.9. The molecule has 0 aliphatic carbocycles. The van der Waals surface area contributed by atoms with Gasteiger partial charge in [0, 0.05) is 21.8 Å². The Kier molecular flexibility index (Phi) is 4.98. The van der Waals surface area contributed by atoms with Gasteiger partial charge in [0.25, 0.3) is 0 Å². The summed E-state index contributed by atoms with van der Waals surface area (Å²) in [6, 6.07) is 13.5. The van der Waals surface area contributed by atoms with Crippen molar-refractivity contribution in [3.8, 4) is 17.0 Å². The SMILES string of the molecule is COc1ccc(-c2nn3c(c2C)NC(=O)CC3C(=O)Nc2ccc(Cl)cc2)cc1. The van der Waals surface area contributed by atoms with Crippen molar-refractivity contribution in [1.82, 2.24) is 9.78 Å². The van der Waals surface area contributed by atoms with Gasteiger partial charge >= 0.3 is 0 Å². The molecule has 1 aliphatic heterocycles. The third kappa shape index (κ3) is 3.69. The number of carbonyl (C=O) groups excluding carboxylic acids is 2. The molecule has 148 valence electrons. The summed E-state index contributed by atoms with van der Waals surface area (Å²) in [6.07, 6.45) is 0.00952. The molecule has 3 aromatic rings. The lowest BCUT2D eigenvalue weighted by molar-refractivity contribution is -0.125. The van der Waals surface area contributed by atoms with Crippen LogP contribution in [0.5, 0.6) is 5.75 Å². The maximum absolute atomic E-state index is 12.9. The van der Waals surface area contributed by atoms with E-state index < -0.39 is 6.04 Å². The number of aromatic nitrogens is 2. The standard InChI is InChI=1S/C21H19ClN4O3/c1-12-19(13-3-9-16(29-2)10-4-13)25-26-17(11-18(27)24-20(12)26)21(28)23-15-7-5-14(22)6-8-15/h3-10,17H,11H2,1-2H3,(H,23,28)(H,24,27). The molecule has 8 heteroatoms. The zero-order valence-corrected chi connectivity index (χ0v) is 16.7. The van der Waals surface area contributed by atoms with E-state index in [1.807, 2.05) is 31.2 Å². The van der Waals surface area contributed by atoms with E-state index in [9.17, 15) is 9.59 Å². The van der Waals surface area contributed by atoms with Crippen LogP contribution in [0, 0.1) is 6.92 Å². The fraction of sp³-hybridized carbons (Fsp3) is 0.190. The van der Waals surface area contributed by atoms with Crippen molar-refractivity contribution >= 4 is 34.9 Å². The highest BCUT2D eigenvalue weighted by molar-refractivity contribution is 6.30. The Morgan fingerprint density at radius 3 is 2.55 bits per heavy atom. The molecule has 1 unspecified atom stereocenters. The smallest absolute Gasteiger partial charge is 0.249 e. The minimum Gasteiger partial charge on any atom is -0.497 e. The molecular formula is C21H19ClN4O3. The number of halogens is 1. The van der Waals surface area contributed by atoms with Crippen LogP contribution in [-0.2, 0) is 9.59 Å². The molecular weight excluding hydrogens is 392 g/mol. The number of nitrogens with zero attached hydrogens (tertiary/aromatic N) is 2. The summed E-state index contributed by atoms with van der Waals surface area (Å²) in [6.45, 7) is 1.87. The number of hydrogen-bond acceptors (Lipinski definition) is 4. The first-order valence-electron chi connectivity index (χ1n) is 9.06. The van der Waals surface area contributed by atoms with Crippen LogP contribution in [0.3, 0.4) is 0 Å². The summed E-state index contributed by atoms with van der Waals surface area (Å²) in [5.74, 6) is 0.734. The summed E-state index contributed by atoms with van der Waals surface area (Å²) < 4.78 is 6.78. The molecule has 1 atom stereocenters. The maximum atomic E-state index is 12.9. The lowest BCUT2D eigenvalue weighted by Crippen LogP contribution is -2.35. The summed E-state index contributed by atoms with van der Waals surface area (Å²) in [5.41, 5.74) is 2.98. The average molecular weight is 411 g/mol. The lowest BCUT2D eigenvalue weighted by Gasteiger charge is -2.24. The van der Waals surface area contributed by atoms with Crippen molar-refractivity contribution in [1.29, 1.82) is 0 Å². The Hall–Kier alpha value is -3.32. The second-order valence-corrected chi connectivity index (χ2v) is 7.20. The number of hydrogen-bond donors (Lipinski definition) is 2. The topological polar surface area (TPSA) is 85.2 Å². The number of amides is 2. The van der Waals surface area contributed by atoms with Gasteiger partial charge in [-0.25, -0.2) is 4.68 Å². The fourth-order valence-electron chi connectivity index (χ4n) is 3.32. The summed E-state index contributed by atoms with van der Waals surface area (Å²) in [4.78, 5) is 25.2. The van der Waals surface area contributed by atoms with Crippen molar-refractivity contribution in [3.05, 3.63) is 59.1 Å². The zero-order chi connectivity index (χ0) is 20.5. The number of anilines is 2. The van der Waals surface area contributed by atoms with Crippen molar-refractivity contribution in [2.24, 2.45) is 0 Å². The first kappa shape index (κ1) is 19.0. The van der Waals surface area contributed by atoms with Crippen LogP contribution in [0.25, 0.3) is 11.3 Å². The molecule has 1 aromatic heterocycles. The molecule has 0 radical (unpaired) electrons. The van der Waals surface area contributed by atoms with Gasteiger partial charge in [0.05, 0.1) is 19.2 Å². The van der Waals surface area contributed by atoms with Crippen LogP contribution in [0.4, 0.5) is 11.5 Å².